The number of anilines is 1. The summed E-state index contributed by atoms with van der Waals surface area (Å²) in [4.78, 5) is 15.0. The quantitative estimate of drug-likeness (QED) is 0.790. The maximum absolute atomic E-state index is 13.0. The van der Waals surface area contributed by atoms with Crippen LogP contribution in [0.3, 0.4) is 0 Å². The molecule has 0 bridgehead atoms. The molecule has 0 radical (unpaired) electrons. The van der Waals surface area contributed by atoms with Crippen molar-refractivity contribution in [2.45, 2.75) is 45.7 Å². The molecule has 1 saturated carbocycles. The summed E-state index contributed by atoms with van der Waals surface area (Å²) in [7, 11) is 0. The van der Waals surface area contributed by atoms with E-state index in [-0.39, 0.29) is 12.1 Å². The number of rotatable bonds is 6. The Balaban J connectivity index is 1.77. The second-order valence-electron chi connectivity index (χ2n) is 6.63. The number of carbonyl (C=O) groups is 1. The predicted octanol–water partition coefficient (Wildman–Crippen LogP) is 5.08. The van der Waals surface area contributed by atoms with E-state index in [2.05, 4.69) is 37.4 Å². The highest BCUT2D eigenvalue weighted by molar-refractivity contribution is 5.90. The van der Waals surface area contributed by atoms with Crippen LogP contribution in [0.2, 0.25) is 0 Å². The number of hydrogen-bond donors (Lipinski definition) is 1. The maximum Gasteiger partial charge on any atom is 0.322 e. The second kappa shape index (κ2) is 7.52. The van der Waals surface area contributed by atoms with Crippen molar-refractivity contribution >= 4 is 11.7 Å². The number of nitrogens with zero attached hydrogens (tertiary/aromatic N) is 1. The van der Waals surface area contributed by atoms with Crippen molar-refractivity contribution in [1.29, 1.82) is 0 Å². The average molecular weight is 322 g/mol. The van der Waals surface area contributed by atoms with Crippen LogP contribution in [0.5, 0.6) is 0 Å². The molecule has 0 heterocycles. The Hall–Kier alpha value is -2.29. The summed E-state index contributed by atoms with van der Waals surface area (Å²) in [5, 5.41) is 3.13. The number of para-hydroxylation sites is 1. The average Bonchev–Trinajstić information content (AvgIpc) is 3.45. The summed E-state index contributed by atoms with van der Waals surface area (Å²) in [6, 6.07) is 18.5. The fourth-order valence-corrected chi connectivity index (χ4v) is 3.15. The molecule has 1 N–H and O–H groups in total. The van der Waals surface area contributed by atoms with Crippen LogP contribution in [0.4, 0.5) is 10.5 Å². The molecule has 0 aliphatic heterocycles. The van der Waals surface area contributed by atoms with E-state index in [9.17, 15) is 4.79 Å². The second-order valence-corrected chi connectivity index (χ2v) is 6.63. The van der Waals surface area contributed by atoms with E-state index < -0.39 is 0 Å². The topological polar surface area (TPSA) is 32.3 Å². The molecule has 1 unspecified atom stereocenters. The highest BCUT2D eigenvalue weighted by Gasteiger charge is 2.34. The molecule has 0 aromatic heterocycles. The Labute approximate surface area is 144 Å². The first-order valence-electron chi connectivity index (χ1n) is 8.88. The Kier molecular flexibility index (Phi) is 5.19. The predicted molar refractivity (Wildman–Crippen MR) is 99.0 cm³/mol. The van der Waals surface area contributed by atoms with E-state index >= 15 is 0 Å². The van der Waals surface area contributed by atoms with Gasteiger partial charge in [0.1, 0.15) is 0 Å². The van der Waals surface area contributed by atoms with Crippen LogP contribution >= 0.6 is 0 Å². The molecule has 24 heavy (non-hydrogen) atoms. The lowest BCUT2D eigenvalue weighted by molar-refractivity contribution is 0.180. The van der Waals surface area contributed by atoms with Crippen LogP contribution in [-0.4, -0.2) is 17.0 Å². The van der Waals surface area contributed by atoms with E-state index in [1.807, 2.05) is 41.3 Å². The molecule has 1 aliphatic rings. The minimum absolute atomic E-state index is 0.000784. The minimum atomic E-state index is -0.000784. The molecule has 0 spiro atoms. The molecule has 126 valence electrons. The number of nitrogens with one attached hydrogen (secondary N) is 1. The van der Waals surface area contributed by atoms with Crippen molar-refractivity contribution < 1.29 is 4.79 Å². The van der Waals surface area contributed by atoms with E-state index in [0.717, 1.165) is 12.1 Å². The molecule has 3 nitrogen and oxygen atoms in total. The summed E-state index contributed by atoms with van der Waals surface area (Å²) in [6.07, 6.45) is 3.36. The molecule has 1 atom stereocenters. The van der Waals surface area contributed by atoms with Gasteiger partial charge in [0.05, 0.1) is 0 Å². The molecular weight excluding hydrogens is 296 g/mol. The molecule has 1 fully saturated rings. The third-order valence-corrected chi connectivity index (χ3v) is 4.89. The van der Waals surface area contributed by atoms with Gasteiger partial charge >= 0.3 is 6.03 Å². The van der Waals surface area contributed by atoms with Crippen LogP contribution < -0.4 is 5.32 Å². The zero-order valence-corrected chi connectivity index (χ0v) is 14.5. The van der Waals surface area contributed by atoms with Gasteiger partial charge in [0.2, 0.25) is 0 Å². The van der Waals surface area contributed by atoms with Crippen LogP contribution in [0.25, 0.3) is 0 Å². The Morgan fingerprint density at radius 2 is 1.79 bits per heavy atom. The molecule has 0 saturated heterocycles. The van der Waals surface area contributed by atoms with Crippen LogP contribution in [0.1, 0.15) is 37.8 Å². The van der Waals surface area contributed by atoms with Crippen LogP contribution in [0, 0.1) is 5.92 Å². The Morgan fingerprint density at radius 3 is 2.46 bits per heavy atom. The van der Waals surface area contributed by atoms with E-state index in [0.29, 0.717) is 12.5 Å². The molecule has 3 rings (SSSR count). The number of hydrogen-bond acceptors (Lipinski definition) is 1. The fraction of sp³-hybridized carbons (Fsp3) is 0.381. The van der Waals surface area contributed by atoms with E-state index in [1.54, 1.807) is 0 Å². The van der Waals surface area contributed by atoms with Gasteiger partial charge in [0.25, 0.3) is 0 Å². The van der Waals surface area contributed by atoms with Gasteiger partial charge in [0, 0.05) is 18.3 Å². The number of urea groups is 1. The van der Waals surface area contributed by atoms with Crippen molar-refractivity contribution in [3.63, 3.8) is 0 Å². The standard InChI is InChI=1S/C21H26N2O/c1-3-18-11-7-8-12-20(18)22-21(24)23(16(2)19-13-14-19)15-17-9-5-4-6-10-17/h4-12,16,19H,3,13-15H2,1-2H3,(H,22,24). The lowest BCUT2D eigenvalue weighted by atomic mass is 10.1. The van der Waals surface area contributed by atoms with Gasteiger partial charge in [-0.05, 0) is 49.3 Å². The van der Waals surface area contributed by atoms with Crippen molar-refractivity contribution in [2.24, 2.45) is 5.92 Å². The van der Waals surface area contributed by atoms with Crippen molar-refractivity contribution in [3.05, 3.63) is 65.7 Å². The summed E-state index contributed by atoms with van der Waals surface area (Å²) in [5.41, 5.74) is 3.26. The van der Waals surface area contributed by atoms with Gasteiger partial charge in [-0.15, -0.1) is 0 Å². The molecule has 2 amide bonds. The van der Waals surface area contributed by atoms with Crippen LogP contribution in [0.15, 0.2) is 54.6 Å². The first-order chi connectivity index (χ1) is 11.7. The lowest BCUT2D eigenvalue weighted by Gasteiger charge is -2.30. The molecule has 2 aromatic rings. The van der Waals surface area contributed by atoms with Gasteiger partial charge in [-0.2, -0.15) is 0 Å². The maximum atomic E-state index is 13.0. The highest BCUT2D eigenvalue weighted by Crippen LogP contribution is 2.36. The van der Waals surface area contributed by atoms with Crippen molar-refractivity contribution in [1.82, 2.24) is 4.90 Å². The van der Waals surface area contributed by atoms with Gasteiger partial charge in [0.15, 0.2) is 0 Å². The summed E-state index contributed by atoms with van der Waals surface area (Å²) in [5.74, 6) is 0.640. The normalized spacial score (nSPS) is 14.9. The van der Waals surface area contributed by atoms with E-state index in [1.165, 1.54) is 24.0 Å². The molecular formula is C21H26N2O. The first-order valence-corrected chi connectivity index (χ1v) is 8.88. The van der Waals surface area contributed by atoms with Gasteiger partial charge in [-0.25, -0.2) is 4.79 Å². The number of amides is 2. The third-order valence-electron chi connectivity index (χ3n) is 4.89. The lowest BCUT2D eigenvalue weighted by Crippen LogP contribution is -2.42. The smallest absolute Gasteiger partial charge is 0.317 e. The minimum Gasteiger partial charge on any atom is -0.317 e. The number of carbonyl (C=O) groups excluding carboxylic acids is 1. The fourth-order valence-electron chi connectivity index (χ4n) is 3.15. The molecule has 1 aliphatic carbocycles. The zero-order valence-electron chi connectivity index (χ0n) is 14.5. The number of benzene rings is 2. The number of aryl methyl sites for hydroxylation is 1. The van der Waals surface area contributed by atoms with Crippen molar-refractivity contribution in [3.8, 4) is 0 Å². The molecule has 3 heteroatoms. The summed E-state index contributed by atoms with van der Waals surface area (Å²) >= 11 is 0. The van der Waals surface area contributed by atoms with Crippen molar-refractivity contribution in [2.75, 3.05) is 5.32 Å². The Morgan fingerprint density at radius 1 is 1.12 bits per heavy atom. The van der Waals surface area contributed by atoms with E-state index in [4.69, 9.17) is 0 Å². The SMILES string of the molecule is CCc1ccccc1NC(=O)N(Cc1ccccc1)C(C)C1CC1. The summed E-state index contributed by atoms with van der Waals surface area (Å²) < 4.78 is 0. The van der Waals surface area contributed by atoms with Crippen LogP contribution in [-0.2, 0) is 13.0 Å². The third kappa shape index (κ3) is 3.97. The largest absolute Gasteiger partial charge is 0.322 e. The van der Waals surface area contributed by atoms with Gasteiger partial charge in [-0.1, -0.05) is 55.5 Å². The van der Waals surface area contributed by atoms with Gasteiger partial charge < -0.3 is 10.2 Å². The zero-order chi connectivity index (χ0) is 16.9. The van der Waals surface area contributed by atoms with Gasteiger partial charge in [-0.3, -0.25) is 0 Å². The molecule has 2 aromatic carbocycles. The highest BCUT2D eigenvalue weighted by atomic mass is 16.2. The monoisotopic (exact) mass is 322 g/mol. The first kappa shape index (κ1) is 16.6. The summed E-state index contributed by atoms with van der Waals surface area (Å²) in [6.45, 7) is 4.93. The Bertz CT molecular complexity index is 679.